The number of hydrogen-bond acceptors (Lipinski definition) is 2. The maximum absolute atomic E-state index is 13.1. The number of amides is 1. The van der Waals surface area contributed by atoms with Gasteiger partial charge in [-0.05, 0) is 49.8 Å². The topological polar surface area (TPSA) is 48.1 Å². The van der Waals surface area contributed by atoms with Gasteiger partial charge in [0.25, 0.3) is 0 Å². The molecule has 2 bridgehead atoms. The van der Waals surface area contributed by atoms with E-state index < -0.39 is 0 Å². The van der Waals surface area contributed by atoms with Gasteiger partial charge in [-0.2, -0.15) is 0 Å². The lowest BCUT2D eigenvalue weighted by molar-refractivity contribution is -0.160. The molecule has 1 aliphatic carbocycles. The van der Waals surface area contributed by atoms with Gasteiger partial charge in [-0.25, -0.2) is 0 Å². The van der Waals surface area contributed by atoms with Crippen LogP contribution in [0.15, 0.2) is 24.3 Å². The van der Waals surface area contributed by atoms with Gasteiger partial charge in [-0.3, -0.25) is 9.69 Å². The van der Waals surface area contributed by atoms with Crippen LogP contribution in [-0.2, 0) is 16.6 Å². The van der Waals surface area contributed by atoms with Crippen LogP contribution in [0.4, 0.5) is 0 Å². The standard InChI is InChI=1S/C21H25N3O/c1-19(2)16-11-21-8-5-9-24(21)12-20(16,23-18(21)25)10-14-13-6-3-4-7-15(13)22-17(14)19/h3-4,6-7,16,22H,5,8-12H2,1-2H3,(H,23,25). The third kappa shape index (κ3) is 1.48. The third-order valence-corrected chi connectivity index (χ3v) is 7.91. The van der Waals surface area contributed by atoms with Gasteiger partial charge < -0.3 is 10.3 Å². The molecule has 7 rings (SSSR count). The minimum Gasteiger partial charge on any atom is -0.358 e. The molecular formula is C21H25N3O. The van der Waals surface area contributed by atoms with Crippen molar-refractivity contribution in [3.63, 3.8) is 0 Å². The predicted octanol–water partition coefficient (Wildman–Crippen LogP) is 2.72. The van der Waals surface area contributed by atoms with Gasteiger partial charge in [-0.1, -0.05) is 32.0 Å². The smallest absolute Gasteiger partial charge is 0.241 e. The van der Waals surface area contributed by atoms with E-state index in [-0.39, 0.29) is 16.5 Å². The number of carbonyl (C=O) groups excluding carboxylic acids is 1. The number of piperazine rings is 1. The molecule has 2 aromatic rings. The van der Waals surface area contributed by atoms with E-state index in [0.29, 0.717) is 11.8 Å². The van der Waals surface area contributed by atoms with E-state index in [1.165, 1.54) is 22.2 Å². The van der Waals surface area contributed by atoms with Gasteiger partial charge >= 0.3 is 0 Å². The fourth-order valence-corrected chi connectivity index (χ4v) is 6.79. The van der Waals surface area contributed by atoms with Crippen LogP contribution in [0.3, 0.4) is 0 Å². The average molecular weight is 335 g/mol. The number of aromatic amines is 1. The van der Waals surface area contributed by atoms with Gasteiger partial charge in [0, 0.05) is 28.6 Å². The molecular weight excluding hydrogens is 310 g/mol. The van der Waals surface area contributed by atoms with Crippen molar-refractivity contribution in [2.45, 2.75) is 56.0 Å². The molecule has 2 spiro atoms. The fraction of sp³-hybridized carbons (Fsp3) is 0.571. The first kappa shape index (κ1) is 14.4. The summed E-state index contributed by atoms with van der Waals surface area (Å²) in [6.07, 6.45) is 4.16. The number of hydrogen-bond donors (Lipinski definition) is 2. The summed E-state index contributed by atoms with van der Waals surface area (Å²) in [6.45, 7) is 6.87. The first-order valence-corrected chi connectivity index (χ1v) is 9.64. The Kier molecular flexibility index (Phi) is 2.37. The van der Waals surface area contributed by atoms with E-state index in [2.05, 4.69) is 53.3 Å². The zero-order valence-electron chi connectivity index (χ0n) is 15.0. The number of carbonyl (C=O) groups is 1. The Bertz CT molecular complexity index is 928. The Morgan fingerprint density at radius 2 is 2.08 bits per heavy atom. The van der Waals surface area contributed by atoms with Gasteiger partial charge in [0.2, 0.25) is 5.91 Å². The van der Waals surface area contributed by atoms with Gasteiger partial charge in [0.15, 0.2) is 0 Å². The van der Waals surface area contributed by atoms with Crippen molar-refractivity contribution >= 4 is 16.8 Å². The summed E-state index contributed by atoms with van der Waals surface area (Å²) < 4.78 is 0. The molecule has 130 valence electrons. The highest BCUT2D eigenvalue weighted by Crippen LogP contribution is 2.58. The average Bonchev–Trinajstić information content (AvgIpc) is 3.16. The van der Waals surface area contributed by atoms with Crippen LogP contribution in [0.1, 0.15) is 44.4 Å². The number of para-hydroxylation sites is 1. The van der Waals surface area contributed by atoms with Crippen LogP contribution in [0.25, 0.3) is 10.9 Å². The SMILES string of the molecule is CC1(C)c2[nH]c3ccccc3c2CC23CN4CCCC4(CC21)C(=O)N3. The number of aromatic nitrogens is 1. The van der Waals surface area contributed by atoms with Crippen molar-refractivity contribution in [2.75, 3.05) is 13.1 Å². The Morgan fingerprint density at radius 3 is 2.96 bits per heavy atom. The highest BCUT2D eigenvalue weighted by atomic mass is 16.2. The maximum atomic E-state index is 13.1. The molecule has 4 aliphatic heterocycles. The molecule has 5 heterocycles. The van der Waals surface area contributed by atoms with E-state index in [4.69, 9.17) is 0 Å². The highest BCUT2D eigenvalue weighted by Gasteiger charge is 2.68. The number of piperidine rings is 2. The second-order valence-electron chi connectivity index (χ2n) is 9.35. The summed E-state index contributed by atoms with van der Waals surface area (Å²) in [5.41, 5.74) is 3.76. The largest absolute Gasteiger partial charge is 0.358 e. The lowest BCUT2D eigenvalue weighted by Gasteiger charge is -2.65. The number of fused-ring (bicyclic) bond motifs is 4. The Hall–Kier alpha value is -1.81. The number of rotatable bonds is 0. The van der Waals surface area contributed by atoms with Crippen molar-refractivity contribution in [2.24, 2.45) is 5.92 Å². The van der Waals surface area contributed by atoms with E-state index in [0.717, 1.165) is 38.8 Å². The lowest BCUT2D eigenvalue weighted by Crippen LogP contribution is -2.82. The first-order chi connectivity index (χ1) is 12.0. The van der Waals surface area contributed by atoms with Crippen molar-refractivity contribution < 1.29 is 4.79 Å². The zero-order valence-corrected chi connectivity index (χ0v) is 15.0. The molecule has 1 aromatic heterocycles. The lowest BCUT2D eigenvalue weighted by atomic mass is 9.51. The van der Waals surface area contributed by atoms with Crippen molar-refractivity contribution in [1.82, 2.24) is 15.2 Å². The number of benzene rings is 1. The third-order valence-electron chi connectivity index (χ3n) is 7.91. The summed E-state index contributed by atoms with van der Waals surface area (Å²) in [6, 6.07) is 8.63. The molecule has 25 heavy (non-hydrogen) atoms. The van der Waals surface area contributed by atoms with E-state index in [9.17, 15) is 4.79 Å². The predicted molar refractivity (Wildman–Crippen MR) is 97.5 cm³/mol. The van der Waals surface area contributed by atoms with E-state index in [1.54, 1.807) is 0 Å². The summed E-state index contributed by atoms with van der Waals surface area (Å²) in [5, 5.41) is 4.88. The van der Waals surface area contributed by atoms with Crippen LogP contribution in [0, 0.1) is 5.92 Å². The van der Waals surface area contributed by atoms with Crippen LogP contribution in [0.2, 0.25) is 0 Å². The number of nitrogens with one attached hydrogen (secondary N) is 2. The van der Waals surface area contributed by atoms with E-state index in [1.807, 2.05) is 0 Å². The second kappa shape index (κ2) is 4.12. The van der Waals surface area contributed by atoms with Crippen LogP contribution >= 0.6 is 0 Å². The molecule has 1 aromatic carbocycles. The Balaban J connectivity index is 1.60. The molecule has 5 aliphatic rings. The van der Waals surface area contributed by atoms with Crippen LogP contribution < -0.4 is 5.32 Å². The van der Waals surface area contributed by atoms with Crippen molar-refractivity contribution in [3.05, 3.63) is 35.5 Å². The Labute approximate surface area is 148 Å². The van der Waals surface area contributed by atoms with Crippen molar-refractivity contribution in [1.29, 1.82) is 0 Å². The van der Waals surface area contributed by atoms with Gasteiger partial charge in [-0.15, -0.1) is 0 Å². The van der Waals surface area contributed by atoms with Crippen molar-refractivity contribution in [3.8, 4) is 0 Å². The van der Waals surface area contributed by atoms with Crippen LogP contribution in [0.5, 0.6) is 0 Å². The molecule has 4 nitrogen and oxygen atoms in total. The normalized spacial score (nSPS) is 38.3. The molecule has 2 N–H and O–H groups in total. The Morgan fingerprint density at radius 1 is 1.24 bits per heavy atom. The minimum absolute atomic E-state index is 0.0436. The first-order valence-electron chi connectivity index (χ1n) is 9.64. The molecule has 3 unspecified atom stereocenters. The fourth-order valence-electron chi connectivity index (χ4n) is 6.79. The number of nitrogens with zero attached hydrogens (tertiary/aromatic N) is 1. The molecule has 4 saturated heterocycles. The monoisotopic (exact) mass is 335 g/mol. The molecule has 1 amide bonds. The van der Waals surface area contributed by atoms with Crippen LogP contribution in [-0.4, -0.2) is 40.0 Å². The minimum atomic E-state index is -0.229. The summed E-state index contributed by atoms with van der Waals surface area (Å²) >= 11 is 0. The summed E-state index contributed by atoms with van der Waals surface area (Å²) in [4.78, 5) is 19.3. The van der Waals surface area contributed by atoms with E-state index >= 15 is 0 Å². The number of H-pyrrole nitrogens is 1. The quantitative estimate of drug-likeness (QED) is 0.778. The molecule has 4 fully saturated rings. The van der Waals surface area contributed by atoms with Gasteiger partial charge in [0.05, 0.1) is 5.54 Å². The summed E-state index contributed by atoms with van der Waals surface area (Å²) in [7, 11) is 0. The zero-order chi connectivity index (χ0) is 17.0. The highest BCUT2D eigenvalue weighted by molar-refractivity contribution is 5.91. The second-order valence-corrected chi connectivity index (χ2v) is 9.35. The molecule has 4 heteroatoms. The molecule has 3 atom stereocenters. The summed E-state index contributed by atoms with van der Waals surface area (Å²) in [5.74, 6) is 0.791. The maximum Gasteiger partial charge on any atom is 0.241 e. The molecule has 0 radical (unpaired) electrons. The van der Waals surface area contributed by atoms with Gasteiger partial charge in [0.1, 0.15) is 5.54 Å². The molecule has 0 saturated carbocycles.